The fourth-order valence-corrected chi connectivity index (χ4v) is 3.85. The molecule has 0 fully saturated rings. The maximum Gasteiger partial charge on any atom is 0.265 e. The molecule has 3 rings (SSSR count). The zero-order valence-electron chi connectivity index (χ0n) is 19.3. The zero-order valence-corrected chi connectivity index (χ0v) is 19.3. The predicted molar refractivity (Wildman–Crippen MR) is 126 cm³/mol. The summed E-state index contributed by atoms with van der Waals surface area (Å²) in [7, 11) is 0. The van der Waals surface area contributed by atoms with E-state index >= 15 is 0 Å². The molecule has 0 spiro atoms. The van der Waals surface area contributed by atoms with E-state index in [0.717, 1.165) is 29.9 Å². The van der Waals surface area contributed by atoms with Gasteiger partial charge < -0.3 is 14.5 Å². The van der Waals surface area contributed by atoms with Gasteiger partial charge in [0.25, 0.3) is 11.5 Å². The number of hydrogen-bond donors (Lipinski definition) is 1. The van der Waals surface area contributed by atoms with Crippen LogP contribution in [-0.4, -0.2) is 31.4 Å². The lowest BCUT2D eigenvalue weighted by atomic mass is 10.1. The van der Waals surface area contributed by atoms with Crippen LogP contribution in [0, 0.1) is 25.2 Å². The van der Waals surface area contributed by atoms with Crippen LogP contribution in [-0.2, 0) is 17.9 Å². The van der Waals surface area contributed by atoms with Crippen LogP contribution in [0.5, 0.6) is 0 Å². The average molecular weight is 432 g/mol. The van der Waals surface area contributed by atoms with Crippen molar-refractivity contribution in [1.29, 1.82) is 5.26 Å². The van der Waals surface area contributed by atoms with Gasteiger partial charge in [-0.25, -0.2) is 4.98 Å². The molecule has 3 aromatic rings. The molecule has 7 nitrogen and oxygen atoms in total. The second-order valence-electron chi connectivity index (χ2n) is 8.20. The fraction of sp³-hybridized carbons (Fsp3) is 0.360. The summed E-state index contributed by atoms with van der Waals surface area (Å²) < 4.78 is 2.19. The van der Waals surface area contributed by atoms with Gasteiger partial charge >= 0.3 is 0 Å². The van der Waals surface area contributed by atoms with Crippen molar-refractivity contribution in [2.75, 3.05) is 0 Å². The molecule has 7 heteroatoms. The largest absolute Gasteiger partial charge is 0.349 e. The number of nitrogens with one attached hydrogen (secondary N) is 1. The first-order valence-electron chi connectivity index (χ1n) is 10.8. The number of carbonyl (C=O) groups is 1. The highest BCUT2D eigenvalue weighted by atomic mass is 16.2. The Morgan fingerprint density at radius 1 is 1.31 bits per heavy atom. The Morgan fingerprint density at radius 2 is 2.03 bits per heavy atom. The van der Waals surface area contributed by atoms with Gasteiger partial charge in [-0.1, -0.05) is 19.1 Å². The van der Waals surface area contributed by atoms with Crippen LogP contribution in [0.15, 0.2) is 40.7 Å². The number of H-pyrrole nitrogens is 1. The molecule has 0 aliphatic carbocycles. The smallest absolute Gasteiger partial charge is 0.265 e. The molecule has 32 heavy (non-hydrogen) atoms. The molecule has 0 bridgehead atoms. The highest BCUT2D eigenvalue weighted by Gasteiger charge is 2.23. The summed E-state index contributed by atoms with van der Waals surface area (Å²) >= 11 is 0. The Morgan fingerprint density at radius 3 is 2.69 bits per heavy atom. The van der Waals surface area contributed by atoms with E-state index in [1.807, 2.05) is 39.8 Å². The van der Waals surface area contributed by atoms with Gasteiger partial charge in [-0.2, -0.15) is 5.26 Å². The van der Waals surface area contributed by atoms with Gasteiger partial charge in [0.05, 0.1) is 17.4 Å². The molecule has 1 amide bonds. The lowest BCUT2D eigenvalue weighted by Gasteiger charge is -2.26. The summed E-state index contributed by atoms with van der Waals surface area (Å²) in [6.07, 6.45) is 2.66. The van der Waals surface area contributed by atoms with Gasteiger partial charge in [0, 0.05) is 24.0 Å². The SMILES string of the molecule is CCCn1c(C)cc(/C=C(\C#N)C(=O)N(Cc2nc3ccccc3c(=O)[nH]2)C(C)C)c1C. The van der Waals surface area contributed by atoms with Crippen LogP contribution in [0.3, 0.4) is 0 Å². The highest BCUT2D eigenvalue weighted by Crippen LogP contribution is 2.20. The lowest BCUT2D eigenvalue weighted by molar-refractivity contribution is -0.129. The quantitative estimate of drug-likeness (QED) is 0.450. The number of aromatic nitrogens is 3. The monoisotopic (exact) mass is 431 g/mol. The Kier molecular flexibility index (Phi) is 6.94. The molecular formula is C25H29N5O2. The first-order valence-corrected chi connectivity index (χ1v) is 10.8. The molecule has 0 unspecified atom stereocenters. The van der Waals surface area contributed by atoms with Crippen LogP contribution in [0.25, 0.3) is 17.0 Å². The fourth-order valence-electron chi connectivity index (χ4n) is 3.85. The van der Waals surface area contributed by atoms with E-state index in [0.29, 0.717) is 16.7 Å². The molecule has 0 radical (unpaired) electrons. The van der Waals surface area contributed by atoms with Crippen LogP contribution >= 0.6 is 0 Å². The van der Waals surface area contributed by atoms with Crippen molar-refractivity contribution in [1.82, 2.24) is 19.4 Å². The van der Waals surface area contributed by atoms with Gasteiger partial charge in [0.1, 0.15) is 17.5 Å². The van der Waals surface area contributed by atoms with Crippen molar-refractivity contribution in [2.24, 2.45) is 0 Å². The molecule has 1 N–H and O–H groups in total. The minimum atomic E-state index is -0.390. The number of nitrogens with zero attached hydrogens (tertiary/aromatic N) is 4. The third-order valence-corrected chi connectivity index (χ3v) is 5.58. The molecular weight excluding hydrogens is 402 g/mol. The van der Waals surface area contributed by atoms with E-state index < -0.39 is 5.91 Å². The molecule has 2 aromatic heterocycles. The van der Waals surface area contributed by atoms with Gasteiger partial charge in [-0.05, 0) is 64.0 Å². The zero-order chi connectivity index (χ0) is 23.4. The van der Waals surface area contributed by atoms with Crippen molar-refractivity contribution in [3.05, 3.63) is 69.0 Å². The third-order valence-electron chi connectivity index (χ3n) is 5.58. The maximum absolute atomic E-state index is 13.3. The minimum Gasteiger partial charge on any atom is -0.349 e. The number of nitriles is 1. The van der Waals surface area contributed by atoms with Crippen LogP contribution < -0.4 is 5.56 Å². The van der Waals surface area contributed by atoms with E-state index in [1.54, 1.807) is 29.2 Å². The second-order valence-corrected chi connectivity index (χ2v) is 8.20. The third kappa shape index (κ3) is 4.65. The van der Waals surface area contributed by atoms with Crippen molar-refractivity contribution in [3.63, 3.8) is 0 Å². The molecule has 0 saturated heterocycles. The minimum absolute atomic E-state index is 0.0542. The summed E-state index contributed by atoms with van der Waals surface area (Å²) in [5.41, 5.74) is 3.36. The van der Waals surface area contributed by atoms with Crippen molar-refractivity contribution < 1.29 is 4.79 Å². The lowest BCUT2D eigenvalue weighted by Crippen LogP contribution is -2.38. The number of para-hydroxylation sites is 1. The number of rotatable bonds is 7. The molecule has 0 atom stereocenters. The molecule has 0 saturated carbocycles. The number of aryl methyl sites for hydroxylation is 1. The molecule has 2 heterocycles. The first kappa shape index (κ1) is 23.0. The highest BCUT2D eigenvalue weighted by molar-refractivity contribution is 6.02. The maximum atomic E-state index is 13.3. The van der Waals surface area contributed by atoms with Gasteiger partial charge in [0.2, 0.25) is 0 Å². The Bertz CT molecular complexity index is 1270. The summed E-state index contributed by atoms with van der Waals surface area (Å²) in [5.74, 6) is -0.00670. The van der Waals surface area contributed by atoms with E-state index in [-0.39, 0.29) is 23.7 Å². The number of carbonyl (C=O) groups excluding carboxylic acids is 1. The Labute approximate surface area is 188 Å². The van der Waals surface area contributed by atoms with Crippen LogP contribution in [0.2, 0.25) is 0 Å². The number of amides is 1. The summed E-state index contributed by atoms with van der Waals surface area (Å²) in [6.45, 7) is 10.9. The Hall–Kier alpha value is -3.66. The van der Waals surface area contributed by atoms with Gasteiger partial charge in [0.15, 0.2) is 0 Å². The molecule has 1 aromatic carbocycles. The van der Waals surface area contributed by atoms with E-state index in [4.69, 9.17) is 0 Å². The molecule has 0 aliphatic rings. The molecule has 166 valence electrons. The van der Waals surface area contributed by atoms with Crippen molar-refractivity contribution >= 4 is 22.9 Å². The van der Waals surface area contributed by atoms with E-state index in [2.05, 4.69) is 27.5 Å². The summed E-state index contributed by atoms with van der Waals surface area (Å²) in [6, 6.07) is 10.9. The second kappa shape index (κ2) is 9.65. The van der Waals surface area contributed by atoms with Crippen molar-refractivity contribution in [3.8, 4) is 6.07 Å². The van der Waals surface area contributed by atoms with E-state index in [9.17, 15) is 14.9 Å². The van der Waals surface area contributed by atoms with Crippen LogP contribution in [0.1, 0.15) is 50.0 Å². The number of benzene rings is 1. The number of hydrogen-bond acceptors (Lipinski definition) is 4. The standard InChI is InChI=1S/C25H29N5O2/c1-6-11-29-17(4)12-19(18(29)5)13-20(14-26)25(32)30(16(2)3)15-23-27-22-10-8-7-9-21(22)24(31)28-23/h7-10,12-13,16H,6,11,15H2,1-5H3,(H,27,28,31)/b20-13+. The number of fused-ring (bicyclic) bond motifs is 1. The van der Waals surface area contributed by atoms with Gasteiger partial charge in [-0.3, -0.25) is 9.59 Å². The van der Waals surface area contributed by atoms with Crippen LogP contribution in [0.4, 0.5) is 0 Å². The van der Waals surface area contributed by atoms with E-state index in [1.165, 1.54) is 0 Å². The topological polar surface area (TPSA) is 94.8 Å². The summed E-state index contributed by atoms with van der Waals surface area (Å²) in [5, 5.41) is 10.3. The van der Waals surface area contributed by atoms with Crippen molar-refractivity contribution in [2.45, 2.75) is 60.2 Å². The first-order chi connectivity index (χ1) is 15.3. The predicted octanol–water partition coefficient (Wildman–Crippen LogP) is 4.10. The van der Waals surface area contributed by atoms with Gasteiger partial charge in [-0.15, -0.1) is 0 Å². The Balaban J connectivity index is 1.95. The normalized spacial score (nSPS) is 11.7. The number of aromatic amines is 1. The summed E-state index contributed by atoms with van der Waals surface area (Å²) in [4.78, 5) is 34.5. The molecule has 0 aliphatic heterocycles. The average Bonchev–Trinajstić information content (AvgIpc) is 3.03.